The quantitative estimate of drug-likeness (QED) is 0.827. The number of aromatic nitrogens is 3. The lowest BCUT2D eigenvalue weighted by atomic mass is 9.81. The SMILES string of the molecule is Cc1nc2n(n1)[C@@H](c1ccc(Cl)cc1Cl)C1=C(C[C@@H](C)CC1=O)N2. The Morgan fingerprint density at radius 1 is 1.29 bits per heavy atom. The van der Waals surface area contributed by atoms with E-state index in [4.69, 9.17) is 23.2 Å². The van der Waals surface area contributed by atoms with E-state index in [9.17, 15) is 4.79 Å². The predicted octanol–water partition coefficient (Wildman–Crippen LogP) is 4.16. The number of nitrogens with one attached hydrogen (secondary N) is 1. The lowest BCUT2D eigenvalue weighted by molar-refractivity contribution is -0.117. The third kappa shape index (κ3) is 2.43. The summed E-state index contributed by atoms with van der Waals surface area (Å²) in [4.78, 5) is 17.2. The molecule has 124 valence electrons. The Bertz CT molecular complexity index is 887. The summed E-state index contributed by atoms with van der Waals surface area (Å²) in [7, 11) is 0. The van der Waals surface area contributed by atoms with E-state index in [1.807, 2.05) is 13.0 Å². The van der Waals surface area contributed by atoms with Gasteiger partial charge in [0.05, 0.1) is 0 Å². The molecule has 1 aliphatic heterocycles. The summed E-state index contributed by atoms with van der Waals surface area (Å²) in [5, 5.41) is 8.85. The zero-order valence-corrected chi connectivity index (χ0v) is 14.8. The van der Waals surface area contributed by atoms with Gasteiger partial charge in [-0.25, -0.2) is 4.68 Å². The fourth-order valence-corrected chi connectivity index (χ4v) is 4.04. The molecule has 0 fully saturated rings. The number of aryl methyl sites for hydroxylation is 1. The number of benzene rings is 1. The van der Waals surface area contributed by atoms with Crippen LogP contribution in [0.15, 0.2) is 29.5 Å². The van der Waals surface area contributed by atoms with Crippen LogP contribution in [0.5, 0.6) is 0 Å². The topological polar surface area (TPSA) is 59.8 Å². The van der Waals surface area contributed by atoms with Gasteiger partial charge in [0.15, 0.2) is 5.78 Å². The first kappa shape index (κ1) is 15.7. The molecule has 2 aromatic rings. The van der Waals surface area contributed by atoms with Crippen LogP contribution in [0.1, 0.15) is 37.2 Å². The first-order valence-corrected chi connectivity index (χ1v) is 8.61. The number of Topliss-reactive ketones (excluding diaryl/α,β-unsaturated/α-hetero) is 1. The van der Waals surface area contributed by atoms with Crippen molar-refractivity contribution in [1.82, 2.24) is 14.8 Å². The molecule has 0 unspecified atom stereocenters. The van der Waals surface area contributed by atoms with Crippen molar-refractivity contribution in [2.75, 3.05) is 5.32 Å². The number of rotatable bonds is 1. The molecule has 5 nitrogen and oxygen atoms in total. The lowest BCUT2D eigenvalue weighted by Crippen LogP contribution is -2.33. The Morgan fingerprint density at radius 3 is 2.83 bits per heavy atom. The van der Waals surface area contributed by atoms with Gasteiger partial charge in [0, 0.05) is 33.3 Å². The van der Waals surface area contributed by atoms with Gasteiger partial charge in [0.2, 0.25) is 5.95 Å². The summed E-state index contributed by atoms with van der Waals surface area (Å²) in [5.41, 5.74) is 2.47. The van der Waals surface area contributed by atoms with Gasteiger partial charge in [0.25, 0.3) is 0 Å². The number of hydrogen-bond acceptors (Lipinski definition) is 4. The molecule has 2 atom stereocenters. The average molecular weight is 363 g/mol. The Labute approximate surface area is 149 Å². The molecular weight excluding hydrogens is 347 g/mol. The van der Waals surface area contributed by atoms with Crippen molar-refractivity contribution in [3.8, 4) is 0 Å². The van der Waals surface area contributed by atoms with E-state index < -0.39 is 0 Å². The molecule has 2 heterocycles. The molecule has 0 amide bonds. The highest BCUT2D eigenvalue weighted by Crippen LogP contribution is 2.43. The van der Waals surface area contributed by atoms with Crippen molar-refractivity contribution in [2.45, 2.75) is 32.7 Å². The van der Waals surface area contributed by atoms with E-state index in [0.29, 0.717) is 34.2 Å². The number of hydrogen-bond donors (Lipinski definition) is 1. The number of allylic oxidation sites excluding steroid dienone is 2. The fraction of sp³-hybridized carbons (Fsp3) is 0.353. The van der Waals surface area contributed by atoms with Crippen molar-refractivity contribution >= 4 is 34.9 Å². The maximum absolute atomic E-state index is 12.8. The van der Waals surface area contributed by atoms with Crippen molar-refractivity contribution < 1.29 is 4.79 Å². The molecule has 1 aromatic heterocycles. The zero-order chi connectivity index (χ0) is 17.0. The summed E-state index contributed by atoms with van der Waals surface area (Å²) < 4.78 is 1.75. The zero-order valence-electron chi connectivity index (χ0n) is 13.3. The van der Waals surface area contributed by atoms with Crippen molar-refractivity contribution in [3.05, 3.63) is 50.9 Å². The van der Waals surface area contributed by atoms with Crippen LogP contribution in [0.4, 0.5) is 5.95 Å². The Hall–Kier alpha value is -1.85. The number of halogens is 2. The molecule has 7 heteroatoms. The van der Waals surface area contributed by atoms with Crippen LogP contribution in [-0.2, 0) is 4.79 Å². The highest BCUT2D eigenvalue weighted by molar-refractivity contribution is 6.35. The normalized spacial score (nSPS) is 22.9. The molecule has 0 saturated heterocycles. The Kier molecular flexibility index (Phi) is 3.66. The summed E-state index contributed by atoms with van der Waals surface area (Å²) in [5.74, 6) is 1.73. The molecule has 1 aliphatic carbocycles. The molecule has 2 aliphatic rings. The standard InChI is InChI=1S/C17H16Cl2N4O/c1-8-5-13-15(14(24)6-8)16(11-4-3-10(18)7-12(11)19)23-17(21-13)20-9(2)22-23/h3-4,7-8,16H,5-6H2,1-2H3,(H,20,21,22)/t8-,16+/m1/s1. The Balaban J connectivity index is 1.95. The van der Waals surface area contributed by atoms with Gasteiger partial charge in [-0.1, -0.05) is 36.2 Å². The molecule has 4 rings (SSSR count). The van der Waals surface area contributed by atoms with Gasteiger partial charge in [-0.05, 0) is 31.4 Å². The Morgan fingerprint density at radius 2 is 2.08 bits per heavy atom. The van der Waals surface area contributed by atoms with E-state index in [1.54, 1.807) is 16.8 Å². The minimum atomic E-state index is -0.373. The van der Waals surface area contributed by atoms with Gasteiger partial charge < -0.3 is 5.32 Å². The maximum Gasteiger partial charge on any atom is 0.226 e. The fourth-order valence-electron chi connectivity index (χ4n) is 3.52. The molecule has 0 saturated carbocycles. The number of carbonyl (C=O) groups excluding carboxylic acids is 1. The molecule has 0 bridgehead atoms. The van der Waals surface area contributed by atoms with E-state index in [-0.39, 0.29) is 11.8 Å². The first-order chi connectivity index (χ1) is 11.4. The largest absolute Gasteiger partial charge is 0.328 e. The third-order valence-corrected chi connectivity index (χ3v) is 5.05. The van der Waals surface area contributed by atoms with Gasteiger partial charge in [-0.2, -0.15) is 10.1 Å². The summed E-state index contributed by atoms with van der Waals surface area (Å²) >= 11 is 12.5. The minimum absolute atomic E-state index is 0.131. The highest BCUT2D eigenvalue weighted by Gasteiger charge is 2.39. The van der Waals surface area contributed by atoms with Crippen molar-refractivity contribution in [3.63, 3.8) is 0 Å². The van der Waals surface area contributed by atoms with Crippen LogP contribution in [0.2, 0.25) is 10.0 Å². The summed E-state index contributed by atoms with van der Waals surface area (Å²) in [6, 6.07) is 4.96. The smallest absolute Gasteiger partial charge is 0.226 e. The van der Waals surface area contributed by atoms with E-state index >= 15 is 0 Å². The van der Waals surface area contributed by atoms with Gasteiger partial charge in [0.1, 0.15) is 11.9 Å². The van der Waals surface area contributed by atoms with Crippen LogP contribution >= 0.6 is 23.2 Å². The van der Waals surface area contributed by atoms with Crippen LogP contribution in [0.3, 0.4) is 0 Å². The van der Waals surface area contributed by atoms with Crippen LogP contribution in [0, 0.1) is 12.8 Å². The third-order valence-electron chi connectivity index (χ3n) is 4.49. The molecule has 24 heavy (non-hydrogen) atoms. The second-order valence-electron chi connectivity index (χ2n) is 6.45. The number of fused-ring (bicyclic) bond motifs is 1. The van der Waals surface area contributed by atoms with Crippen molar-refractivity contribution in [2.24, 2.45) is 5.92 Å². The number of nitrogens with zero attached hydrogens (tertiary/aromatic N) is 3. The molecule has 0 spiro atoms. The molecular formula is C17H16Cl2N4O. The van der Waals surface area contributed by atoms with Crippen LogP contribution < -0.4 is 5.32 Å². The van der Waals surface area contributed by atoms with Crippen LogP contribution in [-0.4, -0.2) is 20.5 Å². The molecule has 0 radical (unpaired) electrons. The monoisotopic (exact) mass is 362 g/mol. The van der Waals surface area contributed by atoms with Gasteiger partial charge in [-0.15, -0.1) is 0 Å². The summed E-state index contributed by atoms with van der Waals surface area (Å²) in [6.45, 7) is 3.91. The molecule has 1 N–H and O–H groups in total. The average Bonchev–Trinajstić information content (AvgIpc) is 2.85. The lowest BCUT2D eigenvalue weighted by Gasteiger charge is -2.34. The van der Waals surface area contributed by atoms with Gasteiger partial charge >= 0.3 is 0 Å². The second-order valence-corrected chi connectivity index (χ2v) is 7.29. The van der Waals surface area contributed by atoms with Crippen LogP contribution in [0.25, 0.3) is 0 Å². The van der Waals surface area contributed by atoms with E-state index in [0.717, 1.165) is 23.3 Å². The van der Waals surface area contributed by atoms with Gasteiger partial charge in [-0.3, -0.25) is 4.79 Å². The summed E-state index contributed by atoms with van der Waals surface area (Å²) in [6.07, 6.45) is 1.35. The second kappa shape index (κ2) is 5.60. The predicted molar refractivity (Wildman–Crippen MR) is 93.4 cm³/mol. The number of carbonyl (C=O) groups is 1. The first-order valence-electron chi connectivity index (χ1n) is 7.85. The number of ketones is 1. The van der Waals surface area contributed by atoms with E-state index in [1.165, 1.54) is 0 Å². The maximum atomic E-state index is 12.8. The highest BCUT2D eigenvalue weighted by atomic mass is 35.5. The molecule has 1 aromatic carbocycles. The van der Waals surface area contributed by atoms with Crippen molar-refractivity contribution in [1.29, 1.82) is 0 Å². The van der Waals surface area contributed by atoms with E-state index in [2.05, 4.69) is 22.3 Å². The number of anilines is 1. The minimum Gasteiger partial charge on any atom is -0.328 e.